The number of nitrogens with zero attached hydrogens (tertiary/aromatic N) is 3. The van der Waals surface area contributed by atoms with Crippen molar-refractivity contribution < 1.29 is 8.42 Å². The summed E-state index contributed by atoms with van der Waals surface area (Å²) in [5, 5.41) is 6.41. The van der Waals surface area contributed by atoms with Crippen LogP contribution in [0.5, 0.6) is 0 Å². The van der Waals surface area contributed by atoms with Gasteiger partial charge in [-0.1, -0.05) is 23.8 Å². The summed E-state index contributed by atoms with van der Waals surface area (Å²) in [6.45, 7) is 2.18. The average molecular weight is 405 g/mol. The summed E-state index contributed by atoms with van der Waals surface area (Å²) in [6.07, 6.45) is 1.95. The highest BCUT2D eigenvalue weighted by Gasteiger charge is 2.30. The van der Waals surface area contributed by atoms with Crippen LogP contribution in [0.4, 0.5) is 0 Å². The molecule has 0 saturated heterocycles. The van der Waals surface area contributed by atoms with Gasteiger partial charge in [0.1, 0.15) is 0 Å². The maximum absolute atomic E-state index is 12.7. The highest BCUT2D eigenvalue weighted by Crippen LogP contribution is 2.37. The van der Waals surface area contributed by atoms with Crippen LogP contribution in [0.15, 0.2) is 51.5 Å². The standard InChI is InChI=1S/C18H20N4O3S2/c1-13-4-8-15(9-5-13)27(24,25)19-10-11-21-18(23)22(14-6-7-14)17(20-21)16-3-2-12-26-16/h2-5,8-9,12,14,19H,6-7,10-11H2,1H3. The molecular weight excluding hydrogens is 384 g/mol. The molecule has 0 bridgehead atoms. The van der Waals surface area contributed by atoms with Crippen LogP contribution in [0.1, 0.15) is 24.4 Å². The summed E-state index contributed by atoms with van der Waals surface area (Å²) in [5.74, 6) is 0.666. The van der Waals surface area contributed by atoms with Crippen molar-refractivity contribution in [1.82, 2.24) is 19.1 Å². The number of thiophene rings is 1. The lowest BCUT2D eigenvalue weighted by molar-refractivity contribution is 0.547. The Kier molecular flexibility index (Phi) is 4.75. The maximum atomic E-state index is 12.7. The number of benzene rings is 1. The minimum absolute atomic E-state index is 0.0989. The first-order valence-electron chi connectivity index (χ1n) is 8.75. The third kappa shape index (κ3) is 3.76. The molecule has 2 heterocycles. The molecule has 1 aliphatic carbocycles. The molecule has 27 heavy (non-hydrogen) atoms. The summed E-state index contributed by atoms with van der Waals surface area (Å²) in [6, 6.07) is 10.7. The third-order valence-electron chi connectivity index (χ3n) is 4.47. The van der Waals surface area contributed by atoms with E-state index in [1.165, 1.54) is 16.0 Å². The van der Waals surface area contributed by atoms with E-state index in [0.717, 1.165) is 23.3 Å². The van der Waals surface area contributed by atoms with Crippen molar-refractivity contribution in [2.75, 3.05) is 6.54 Å². The van der Waals surface area contributed by atoms with Crippen molar-refractivity contribution in [2.24, 2.45) is 0 Å². The van der Waals surface area contributed by atoms with Gasteiger partial charge in [0, 0.05) is 12.6 Å². The van der Waals surface area contributed by atoms with Gasteiger partial charge in [-0.15, -0.1) is 16.4 Å². The smallest absolute Gasteiger partial charge is 0.271 e. The van der Waals surface area contributed by atoms with Crippen molar-refractivity contribution in [3.63, 3.8) is 0 Å². The molecule has 1 saturated carbocycles. The van der Waals surface area contributed by atoms with Crippen LogP contribution in [-0.4, -0.2) is 29.3 Å². The van der Waals surface area contributed by atoms with Gasteiger partial charge in [-0.05, 0) is 43.3 Å². The minimum Gasteiger partial charge on any atom is -0.271 e. The summed E-state index contributed by atoms with van der Waals surface area (Å²) in [5.41, 5.74) is 0.808. The van der Waals surface area contributed by atoms with Gasteiger partial charge in [0.2, 0.25) is 10.0 Å². The number of aromatic nitrogens is 3. The predicted octanol–water partition coefficient (Wildman–Crippen LogP) is 2.40. The fourth-order valence-corrected chi connectivity index (χ4v) is 4.61. The molecular formula is C18H20N4O3S2. The van der Waals surface area contributed by atoms with Gasteiger partial charge in [-0.3, -0.25) is 4.57 Å². The van der Waals surface area contributed by atoms with Crippen LogP contribution >= 0.6 is 11.3 Å². The zero-order valence-corrected chi connectivity index (χ0v) is 16.5. The number of rotatable bonds is 7. The molecule has 0 radical (unpaired) electrons. The zero-order valence-electron chi connectivity index (χ0n) is 14.8. The molecule has 1 aromatic carbocycles. The second kappa shape index (κ2) is 7.06. The molecule has 0 spiro atoms. The molecule has 1 aliphatic rings. The molecule has 0 aliphatic heterocycles. The van der Waals surface area contributed by atoms with Crippen molar-refractivity contribution in [2.45, 2.75) is 37.2 Å². The van der Waals surface area contributed by atoms with E-state index in [-0.39, 0.29) is 29.7 Å². The largest absolute Gasteiger partial charge is 0.346 e. The van der Waals surface area contributed by atoms with E-state index in [0.29, 0.717) is 5.82 Å². The Morgan fingerprint density at radius 2 is 1.96 bits per heavy atom. The van der Waals surface area contributed by atoms with Crippen LogP contribution in [0.25, 0.3) is 10.7 Å². The highest BCUT2D eigenvalue weighted by molar-refractivity contribution is 7.89. The van der Waals surface area contributed by atoms with E-state index in [4.69, 9.17) is 0 Å². The van der Waals surface area contributed by atoms with Crippen LogP contribution in [-0.2, 0) is 16.6 Å². The average Bonchev–Trinajstić information content (AvgIpc) is 3.21. The van der Waals surface area contributed by atoms with Gasteiger partial charge < -0.3 is 0 Å². The molecule has 7 nitrogen and oxygen atoms in total. The number of hydrogen-bond acceptors (Lipinski definition) is 5. The zero-order chi connectivity index (χ0) is 19.0. The van der Waals surface area contributed by atoms with Crippen LogP contribution in [0.2, 0.25) is 0 Å². The molecule has 1 N–H and O–H groups in total. The molecule has 0 unspecified atom stereocenters. The third-order valence-corrected chi connectivity index (χ3v) is 6.81. The monoisotopic (exact) mass is 404 g/mol. The topological polar surface area (TPSA) is 86.0 Å². The van der Waals surface area contributed by atoms with Crippen molar-refractivity contribution >= 4 is 21.4 Å². The number of hydrogen-bond donors (Lipinski definition) is 1. The summed E-state index contributed by atoms with van der Waals surface area (Å²) in [7, 11) is -3.61. The lowest BCUT2D eigenvalue weighted by atomic mass is 10.2. The highest BCUT2D eigenvalue weighted by atomic mass is 32.2. The molecule has 2 aromatic heterocycles. The molecule has 9 heteroatoms. The van der Waals surface area contributed by atoms with Crippen molar-refractivity contribution in [1.29, 1.82) is 0 Å². The molecule has 0 amide bonds. The van der Waals surface area contributed by atoms with E-state index in [9.17, 15) is 13.2 Å². The van der Waals surface area contributed by atoms with E-state index in [2.05, 4.69) is 9.82 Å². The quantitative estimate of drug-likeness (QED) is 0.655. The minimum atomic E-state index is -3.61. The number of aryl methyl sites for hydroxylation is 1. The van der Waals surface area contributed by atoms with Crippen molar-refractivity contribution in [3.05, 3.63) is 57.8 Å². The van der Waals surface area contributed by atoms with E-state index < -0.39 is 10.0 Å². The van der Waals surface area contributed by atoms with E-state index in [1.807, 2.05) is 24.4 Å². The normalized spacial score (nSPS) is 14.6. The lowest BCUT2D eigenvalue weighted by Crippen LogP contribution is -2.32. The fourth-order valence-electron chi connectivity index (χ4n) is 2.89. The van der Waals surface area contributed by atoms with Crippen molar-refractivity contribution in [3.8, 4) is 10.7 Å². The summed E-state index contributed by atoms with van der Waals surface area (Å²) in [4.78, 5) is 13.9. The Hall–Kier alpha value is -2.23. The molecule has 4 rings (SSSR count). The van der Waals surface area contributed by atoms with E-state index >= 15 is 0 Å². The second-order valence-electron chi connectivity index (χ2n) is 6.62. The van der Waals surface area contributed by atoms with Crippen LogP contribution in [0.3, 0.4) is 0 Å². The van der Waals surface area contributed by atoms with Crippen LogP contribution < -0.4 is 10.4 Å². The predicted molar refractivity (Wildman–Crippen MR) is 104 cm³/mol. The first kappa shape index (κ1) is 18.1. The fraction of sp³-hybridized carbons (Fsp3) is 0.333. The molecule has 0 atom stereocenters. The summed E-state index contributed by atoms with van der Waals surface area (Å²) >= 11 is 1.54. The maximum Gasteiger partial charge on any atom is 0.346 e. The lowest BCUT2D eigenvalue weighted by Gasteiger charge is -2.06. The van der Waals surface area contributed by atoms with Gasteiger partial charge >= 0.3 is 5.69 Å². The Morgan fingerprint density at radius 3 is 2.59 bits per heavy atom. The Morgan fingerprint density at radius 1 is 1.22 bits per heavy atom. The molecule has 1 fully saturated rings. The Balaban J connectivity index is 1.51. The second-order valence-corrected chi connectivity index (χ2v) is 9.33. The molecule has 3 aromatic rings. The number of sulfonamides is 1. The van der Waals surface area contributed by atoms with Gasteiger partial charge in [0.05, 0.1) is 16.3 Å². The first-order valence-corrected chi connectivity index (χ1v) is 11.1. The first-order chi connectivity index (χ1) is 13.0. The van der Waals surface area contributed by atoms with E-state index in [1.54, 1.807) is 28.8 Å². The Bertz CT molecular complexity index is 1090. The van der Waals surface area contributed by atoms with Gasteiger partial charge in [-0.2, -0.15) is 0 Å². The molecule has 142 valence electrons. The van der Waals surface area contributed by atoms with Gasteiger partial charge in [0.25, 0.3) is 0 Å². The van der Waals surface area contributed by atoms with Gasteiger partial charge in [-0.25, -0.2) is 22.6 Å². The Labute approximate surface area is 161 Å². The SMILES string of the molecule is Cc1ccc(S(=O)(=O)NCCn2nc(-c3cccs3)n(C3CC3)c2=O)cc1. The van der Waals surface area contributed by atoms with Gasteiger partial charge in [0.15, 0.2) is 5.82 Å². The van der Waals surface area contributed by atoms with Crippen LogP contribution in [0, 0.1) is 6.92 Å². The number of nitrogens with one attached hydrogen (secondary N) is 1. The summed E-state index contributed by atoms with van der Waals surface area (Å²) < 4.78 is 30.4.